The Hall–Kier alpha value is -1.35. The van der Waals surface area contributed by atoms with Gasteiger partial charge in [0.1, 0.15) is 5.82 Å². The van der Waals surface area contributed by atoms with Crippen LogP contribution >= 0.6 is 11.6 Å². The van der Waals surface area contributed by atoms with E-state index < -0.39 is 10.9 Å². The van der Waals surface area contributed by atoms with Crippen LogP contribution in [0.25, 0.3) is 6.08 Å². The van der Waals surface area contributed by atoms with Crippen molar-refractivity contribution in [2.24, 2.45) is 0 Å². The highest BCUT2D eigenvalue weighted by Gasteiger charge is 2.33. The average molecular weight is 240 g/mol. The quantitative estimate of drug-likeness (QED) is 0.498. The van der Waals surface area contributed by atoms with Gasteiger partial charge in [0.15, 0.2) is 0 Å². The highest BCUT2D eigenvalue weighted by atomic mass is 35.5. The van der Waals surface area contributed by atoms with Gasteiger partial charge in [-0.1, -0.05) is 12.2 Å². The molecule has 4 heteroatoms. The lowest BCUT2D eigenvalue weighted by atomic mass is 9.94. The summed E-state index contributed by atoms with van der Waals surface area (Å²) < 4.78 is 13.0. The Bertz CT molecular complexity index is 482. The number of hydrogen-bond donors (Lipinski definition) is 0. The first-order chi connectivity index (χ1) is 7.42. The van der Waals surface area contributed by atoms with Crippen molar-refractivity contribution in [3.63, 3.8) is 0 Å². The summed E-state index contributed by atoms with van der Waals surface area (Å²) in [6.45, 7) is 3.74. The van der Waals surface area contributed by atoms with Gasteiger partial charge in [0, 0.05) is 5.56 Å². The third kappa shape index (κ3) is 1.71. The molecule has 1 heterocycles. The molecule has 84 valence electrons. The van der Waals surface area contributed by atoms with E-state index in [0.29, 0.717) is 11.3 Å². The van der Waals surface area contributed by atoms with Gasteiger partial charge in [0.25, 0.3) is 0 Å². The van der Waals surface area contributed by atoms with Crippen molar-refractivity contribution in [3.05, 3.63) is 35.7 Å². The largest absolute Gasteiger partial charge is 0.321 e. The summed E-state index contributed by atoms with van der Waals surface area (Å²) in [5.41, 5.74) is 0.797. The third-order valence-corrected chi connectivity index (χ3v) is 2.82. The van der Waals surface area contributed by atoms with E-state index in [2.05, 4.69) is 0 Å². The van der Waals surface area contributed by atoms with Crippen LogP contribution in [0.1, 0.15) is 19.4 Å². The summed E-state index contributed by atoms with van der Waals surface area (Å²) in [6.07, 6.45) is 3.63. The molecule has 0 unspecified atom stereocenters. The number of amides is 1. The van der Waals surface area contributed by atoms with Gasteiger partial charge in [0.2, 0.25) is 0 Å². The van der Waals surface area contributed by atoms with Crippen molar-refractivity contribution in [1.29, 1.82) is 0 Å². The van der Waals surface area contributed by atoms with Gasteiger partial charge >= 0.3 is 5.37 Å². The number of carbonyl (C=O) groups excluding carboxylic acids is 1. The molecule has 0 aromatic heterocycles. The molecular formula is C12H11ClFNO. The number of anilines is 1. The van der Waals surface area contributed by atoms with Crippen LogP contribution in [-0.2, 0) is 0 Å². The zero-order valence-electron chi connectivity index (χ0n) is 9.00. The lowest BCUT2D eigenvalue weighted by Crippen LogP contribution is -2.46. The molecule has 1 aromatic rings. The maximum Gasteiger partial charge on any atom is 0.321 e. The van der Waals surface area contributed by atoms with Gasteiger partial charge in [-0.05, 0) is 43.6 Å². The zero-order valence-corrected chi connectivity index (χ0v) is 9.75. The SMILES string of the molecule is CC1(C)C=Cc2cc(F)ccc2N1C(=O)Cl. The molecule has 0 atom stereocenters. The predicted octanol–water partition coefficient (Wildman–Crippen LogP) is 3.80. The Kier molecular flexibility index (Phi) is 2.50. The van der Waals surface area contributed by atoms with E-state index in [1.54, 1.807) is 12.1 Å². The number of halogens is 2. The van der Waals surface area contributed by atoms with Crippen LogP contribution in [0.2, 0.25) is 0 Å². The first-order valence-corrected chi connectivity index (χ1v) is 5.28. The van der Waals surface area contributed by atoms with Crippen LogP contribution < -0.4 is 4.90 Å². The van der Waals surface area contributed by atoms with Gasteiger partial charge < -0.3 is 0 Å². The van der Waals surface area contributed by atoms with Gasteiger partial charge in [0.05, 0.1) is 11.2 Å². The van der Waals surface area contributed by atoms with E-state index in [1.807, 2.05) is 19.9 Å². The molecule has 0 radical (unpaired) electrons. The average Bonchev–Trinajstić information content (AvgIpc) is 2.16. The molecule has 1 amide bonds. The number of hydrogen-bond acceptors (Lipinski definition) is 1. The number of fused-ring (bicyclic) bond motifs is 1. The van der Waals surface area contributed by atoms with Crippen molar-refractivity contribution < 1.29 is 9.18 Å². The van der Waals surface area contributed by atoms with Crippen molar-refractivity contribution >= 4 is 28.7 Å². The molecule has 0 bridgehead atoms. The van der Waals surface area contributed by atoms with E-state index in [4.69, 9.17) is 11.6 Å². The van der Waals surface area contributed by atoms with E-state index in [1.165, 1.54) is 17.0 Å². The second kappa shape index (κ2) is 3.59. The molecule has 0 saturated heterocycles. The van der Waals surface area contributed by atoms with Crippen molar-refractivity contribution in [3.8, 4) is 0 Å². The van der Waals surface area contributed by atoms with Crippen LogP contribution in [0.5, 0.6) is 0 Å². The molecule has 16 heavy (non-hydrogen) atoms. The molecule has 1 aromatic carbocycles. The minimum Gasteiger partial charge on any atom is -0.289 e. The topological polar surface area (TPSA) is 20.3 Å². The number of rotatable bonds is 0. The van der Waals surface area contributed by atoms with Gasteiger partial charge in [-0.25, -0.2) is 4.39 Å². The fraction of sp³-hybridized carbons (Fsp3) is 0.250. The van der Waals surface area contributed by atoms with Crippen LogP contribution in [0.15, 0.2) is 24.3 Å². The summed E-state index contributed by atoms with van der Waals surface area (Å²) in [5.74, 6) is -0.329. The first kappa shape index (κ1) is 11.1. The summed E-state index contributed by atoms with van der Waals surface area (Å²) in [4.78, 5) is 12.9. The minimum absolute atomic E-state index is 0.329. The molecule has 1 aliphatic rings. The fourth-order valence-corrected chi connectivity index (χ4v) is 2.17. The summed E-state index contributed by atoms with van der Waals surface area (Å²) in [6, 6.07) is 4.27. The molecule has 0 spiro atoms. The van der Waals surface area contributed by atoms with E-state index in [9.17, 15) is 9.18 Å². The summed E-state index contributed by atoms with van der Waals surface area (Å²) in [7, 11) is 0. The van der Waals surface area contributed by atoms with E-state index >= 15 is 0 Å². The van der Waals surface area contributed by atoms with E-state index in [-0.39, 0.29) is 5.82 Å². The van der Waals surface area contributed by atoms with Crippen LogP contribution in [-0.4, -0.2) is 10.9 Å². The summed E-state index contributed by atoms with van der Waals surface area (Å²) >= 11 is 5.57. The van der Waals surface area contributed by atoms with Crippen molar-refractivity contribution in [2.45, 2.75) is 19.4 Å². The summed E-state index contributed by atoms with van der Waals surface area (Å²) in [5, 5.41) is -0.567. The molecule has 0 saturated carbocycles. The lowest BCUT2D eigenvalue weighted by Gasteiger charge is -2.38. The molecule has 0 fully saturated rings. The number of benzene rings is 1. The maximum absolute atomic E-state index is 13.0. The van der Waals surface area contributed by atoms with Gasteiger partial charge in [-0.3, -0.25) is 9.69 Å². The molecule has 2 nitrogen and oxygen atoms in total. The van der Waals surface area contributed by atoms with Crippen LogP contribution in [0.4, 0.5) is 14.9 Å². The maximum atomic E-state index is 13.0. The Balaban J connectivity index is 2.61. The Morgan fingerprint density at radius 1 is 1.44 bits per heavy atom. The smallest absolute Gasteiger partial charge is 0.289 e. The number of nitrogens with zero attached hydrogens (tertiary/aromatic N) is 1. The normalized spacial score (nSPS) is 17.1. The predicted molar refractivity (Wildman–Crippen MR) is 63.2 cm³/mol. The zero-order chi connectivity index (χ0) is 11.9. The van der Waals surface area contributed by atoms with E-state index in [0.717, 1.165) is 0 Å². The second-order valence-corrected chi connectivity index (χ2v) is 4.60. The Morgan fingerprint density at radius 3 is 2.75 bits per heavy atom. The van der Waals surface area contributed by atoms with Gasteiger partial charge in [-0.2, -0.15) is 0 Å². The van der Waals surface area contributed by atoms with Crippen molar-refractivity contribution in [2.75, 3.05) is 4.90 Å². The second-order valence-electron chi connectivity index (χ2n) is 4.28. The van der Waals surface area contributed by atoms with Crippen LogP contribution in [0.3, 0.4) is 0 Å². The molecular weight excluding hydrogens is 229 g/mol. The highest BCUT2D eigenvalue weighted by Crippen LogP contribution is 2.35. The lowest BCUT2D eigenvalue weighted by molar-refractivity contribution is 0.260. The third-order valence-electron chi connectivity index (χ3n) is 2.65. The van der Waals surface area contributed by atoms with Crippen molar-refractivity contribution in [1.82, 2.24) is 0 Å². The fourth-order valence-electron chi connectivity index (χ4n) is 1.86. The Morgan fingerprint density at radius 2 is 2.12 bits per heavy atom. The standard InChI is InChI=1S/C12H11ClFNO/c1-12(2)6-5-8-7-9(14)3-4-10(8)15(12)11(13)16/h3-7H,1-2H3. The highest BCUT2D eigenvalue weighted by molar-refractivity contribution is 6.66. The molecule has 0 aliphatic carbocycles. The molecule has 2 rings (SSSR count). The molecule has 0 N–H and O–H groups in total. The molecule has 1 aliphatic heterocycles. The monoisotopic (exact) mass is 239 g/mol. The van der Waals surface area contributed by atoms with Crippen LogP contribution in [0, 0.1) is 5.82 Å². The first-order valence-electron chi connectivity index (χ1n) is 4.90. The number of carbonyl (C=O) groups is 1. The Labute approximate surface area is 98.3 Å². The minimum atomic E-state index is -0.567. The van der Waals surface area contributed by atoms with Gasteiger partial charge in [-0.15, -0.1) is 0 Å².